The van der Waals surface area contributed by atoms with E-state index >= 15 is 0 Å². The number of hydrogen-bond donors (Lipinski definition) is 2. The molecule has 4 aliphatic rings. The summed E-state index contributed by atoms with van der Waals surface area (Å²) < 4.78 is 0. The number of aliphatic hydroxyl groups excluding tert-OH is 2. The van der Waals surface area contributed by atoms with Crippen LogP contribution in [0, 0.1) is 34.5 Å². The zero-order chi connectivity index (χ0) is 18.1. The summed E-state index contributed by atoms with van der Waals surface area (Å²) in [6, 6.07) is 0. The molecule has 2 N–H and O–H groups in total. The number of fused-ring (bicyclic) bond motifs is 5. The first kappa shape index (κ1) is 17.4. The molecule has 0 aromatic carbocycles. The van der Waals surface area contributed by atoms with Gasteiger partial charge in [-0.15, -0.1) is 0 Å². The predicted octanol–water partition coefficient (Wildman–Crippen LogP) is 2.67. The van der Waals surface area contributed by atoms with Gasteiger partial charge >= 0.3 is 0 Å². The summed E-state index contributed by atoms with van der Waals surface area (Å²) in [5, 5.41) is 20.4. The van der Waals surface area contributed by atoms with Gasteiger partial charge in [0.1, 0.15) is 5.78 Å². The molecule has 0 bridgehead atoms. The number of allylic oxidation sites excluding steroid dienone is 2. The highest BCUT2D eigenvalue weighted by Crippen LogP contribution is 2.65. The Bertz CT molecular complexity index is 652. The highest BCUT2D eigenvalue weighted by molar-refractivity contribution is 5.94. The zero-order valence-corrected chi connectivity index (χ0v) is 15.5. The van der Waals surface area contributed by atoms with Gasteiger partial charge in [0.15, 0.2) is 5.78 Å². The van der Waals surface area contributed by atoms with Crippen molar-refractivity contribution < 1.29 is 19.8 Å². The lowest BCUT2D eigenvalue weighted by Gasteiger charge is -2.57. The topological polar surface area (TPSA) is 74.6 Å². The molecule has 0 aliphatic heterocycles. The maximum Gasteiger partial charge on any atom is 0.159 e. The third kappa shape index (κ3) is 2.26. The lowest BCUT2D eigenvalue weighted by atomic mass is 9.47. The van der Waals surface area contributed by atoms with Crippen LogP contribution in [-0.4, -0.2) is 34.0 Å². The summed E-state index contributed by atoms with van der Waals surface area (Å²) >= 11 is 0. The molecule has 8 atom stereocenters. The smallest absolute Gasteiger partial charge is 0.159 e. The van der Waals surface area contributed by atoms with Crippen molar-refractivity contribution in [2.75, 3.05) is 0 Å². The van der Waals surface area contributed by atoms with Gasteiger partial charge in [0.2, 0.25) is 0 Å². The fraction of sp³-hybridized carbons (Fsp3) is 0.810. The summed E-state index contributed by atoms with van der Waals surface area (Å²) in [5.41, 5.74) is 0.949. The van der Waals surface area contributed by atoms with E-state index < -0.39 is 12.2 Å². The van der Waals surface area contributed by atoms with Crippen LogP contribution >= 0.6 is 0 Å². The average molecular weight is 346 g/mol. The van der Waals surface area contributed by atoms with Gasteiger partial charge in [-0.1, -0.05) is 19.4 Å². The predicted molar refractivity (Wildman–Crippen MR) is 93.7 cm³/mol. The number of ketones is 2. The highest BCUT2D eigenvalue weighted by Gasteiger charge is 2.60. The summed E-state index contributed by atoms with van der Waals surface area (Å²) in [6.07, 6.45) is 5.10. The van der Waals surface area contributed by atoms with Crippen LogP contribution in [0.25, 0.3) is 0 Å². The number of hydrogen-bond acceptors (Lipinski definition) is 4. The van der Waals surface area contributed by atoms with Gasteiger partial charge < -0.3 is 10.2 Å². The molecule has 4 nitrogen and oxygen atoms in total. The second-order valence-corrected chi connectivity index (χ2v) is 9.57. The molecular weight excluding hydrogens is 316 g/mol. The molecule has 4 rings (SSSR count). The van der Waals surface area contributed by atoms with Gasteiger partial charge in [-0.05, 0) is 74.2 Å². The van der Waals surface area contributed by atoms with E-state index in [1.807, 2.05) is 6.08 Å². The van der Waals surface area contributed by atoms with Crippen LogP contribution in [0.3, 0.4) is 0 Å². The quantitative estimate of drug-likeness (QED) is 0.765. The second kappa shape index (κ2) is 5.50. The molecule has 0 radical (unpaired) electrons. The van der Waals surface area contributed by atoms with Crippen molar-refractivity contribution in [1.29, 1.82) is 0 Å². The minimum atomic E-state index is -0.792. The maximum atomic E-state index is 12.9. The first-order chi connectivity index (χ1) is 11.7. The van der Waals surface area contributed by atoms with Crippen LogP contribution < -0.4 is 0 Å². The van der Waals surface area contributed by atoms with Crippen LogP contribution in [0.5, 0.6) is 0 Å². The van der Waals surface area contributed by atoms with Crippen molar-refractivity contribution in [3.8, 4) is 0 Å². The largest absolute Gasteiger partial charge is 0.390 e. The molecule has 3 fully saturated rings. The second-order valence-electron chi connectivity index (χ2n) is 9.57. The van der Waals surface area contributed by atoms with Crippen LogP contribution in [0.1, 0.15) is 59.3 Å². The van der Waals surface area contributed by atoms with Crippen molar-refractivity contribution >= 4 is 11.6 Å². The molecule has 4 aliphatic carbocycles. The molecular formula is C21H30O4. The van der Waals surface area contributed by atoms with Gasteiger partial charge in [0.25, 0.3) is 0 Å². The van der Waals surface area contributed by atoms with Crippen molar-refractivity contribution in [3.05, 3.63) is 11.6 Å². The van der Waals surface area contributed by atoms with Crippen LogP contribution in [0.4, 0.5) is 0 Å². The average Bonchev–Trinajstić information content (AvgIpc) is 2.88. The minimum Gasteiger partial charge on any atom is -0.390 e. The SMILES string of the molecule is CC(=O)[C@@H]1CC[C@@H]2C3=CC(=O)[C@H]4C[C@H](O)[C@H](O)C[C@@]4(C)[C@@H]3CC[C@]21C. The third-order valence-electron chi connectivity index (χ3n) is 8.42. The van der Waals surface area contributed by atoms with Crippen LogP contribution in [0.2, 0.25) is 0 Å². The molecule has 0 spiro atoms. The monoisotopic (exact) mass is 346 g/mol. The van der Waals surface area contributed by atoms with Crippen LogP contribution in [0.15, 0.2) is 11.6 Å². The van der Waals surface area contributed by atoms with E-state index in [-0.39, 0.29) is 34.2 Å². The molecule has 4 heteroatoms. The van der Waals surface area contributed by atoms with Gasteiger partial charge in [-0.3, -0.25) is 9.59 Å². The molecule has 3 saturated carbocycles. The standard InChI is InChI=1S/C21H30O4/c1-11(22)13-4-5-14-12-8-17(23)16-9-18(24)19(25)10-21(16,3)15(12)6-7-20(13,14)2/h8,13-16,18-19,24-25H,4-7,9-10H2,1-3H3/t13-,14+,15+,16+,18-,19+,20-,21-/m0/s1. The van der Waals surface area contributed by atoms with E-state index in [1.165, 1.54) is 5.57 Å². The normalized spacial score (nSPS) is 52.0. The van der Waals surface area contributed by atoms with Gasteiger partial charge in [-0.25, -0.2) is 0 Å². The molecule has 0 aromatic rings. The van der Waals surface area contributed by atoms with E-state index in [2.05, 4.69) is 13.8 Å². The first-order valence-corrected chi connectivity index (χ1v) is 9.80. The van der Waals surface area contributed by atoms with Crippen LogP contribution in [-0.2, 0) is 9.59 Å². The summed E-state index contributed by atoms with van der Waals surface area (Å²) in [7, 11) is 0. The van der Waals surface area contributed by atoms with Gasteiger partial charge in [-0.2, -0.15) is 0 Å². The minimum absolute atomic E-state index is 0.0234. The van der Waals surface area contributed by atoms with Gasteiger partial charge in [0.05, 0.1) is 12.2 Å². The Balaban J connectivity index is 1.74. The maximum absolute atomic E-state index is 12.9. The molecule has 0 aromatic heterocycles. The van der Waals surface area contributed by atoms with E-state index in [4.69, 9.17) is 0 Å². The molecule has 0 saturated heterocycles. The number of aliphatic hydroxyl groups is 2. The van der Waals surface area contributed by atoms with E-state index in [0.29, 0.717) is 24.7 Å². The summed E-state index contributed by atoms with van der Waals surface area (Å²) in [6.45, 7) is 6.09. The van der Waals surface area contributed by atoms with E-state index in [1.54, 1.807) is 6.92 Å². The fourth-order valence-corrected chi connectivity index (χ4v) is 7.06. The number of rotatable bonds is 1. The first-order valence-electron chi connectivity index (χ1n) is 9.80. The molecule has 0 heterocycles. The van der Waals surface area contributed by atoms with Crippen molar-refractivity contribution in [3.63, 3.8) is 0 Å². The number of Topliss-reactive ketones (excluding diaryl/α,β-unsaturated/α-hetero) is 1. The zero-order valence-electron chi connectivity index (χ0n) is 15.5. The number of carbonyl (C=O) groups excluding carboxylic acids is 2. The molecule has 0 amide bonds. The molecule has 25 heavy (non-hydrogen) atoms. The summed E-state index contributed by atoms with van der Waals surface area (Å²) in [4.78, 5) is 25.1. The Morgan fingerprint density at radius 3 is 2.40 bits per heavy atom. The van der Waals surface area contributed by atoms with E-state index in [9.17, 15) is 19.8 Å². The summed E-state index contributed by atoms with van der Waals surface area (Å²) in [5.74, 6) is 0.932. The lowest BCUT2D eigenvalue weighted by Crippen LogP contribution is -2.55. The van der Waals surface area contributed by atoms with Crippen molar-refractivity contribution in [1.82, 2.24) is 0 Å². The van der Waals surface area contributed by atoms with E-state index in [0.717, 1.165) is 25.7 Å². The Labute approximate surface area is 149 Å². The third-order valence-corrected chi connectivity index (χ3v) is 8.42. The Morgan fingerprint density at radius 2 is 1.72 bits per heavy atom. The Kier molecular flexibility index (Phi) is 3.83. The fourth-order valence-electron chi connectivity index (χ4n) is 7.06. The van der Waals surface area contributed by atoms with Gasteiger partial charge in [0, 0.05) is 11.8 Å². The molecule has 0 unspecified atom stereocenters. The van der Waals surface area contributed by atoms with Crippen molar-refractivity contribution in [2.24, 2.45) is 34.5 Å². The Morgan fingerprint density at radius 1 is 1.04 bits per heavy atom. The molecule has 138 valence electrons. The number of carbonyl (C=O) groups is 2. The highest BCUT2D eigenvalue weighted by atomic mass is 16.3. The van der Waals surface area contributed by atoms with Crippen molar-refractivity contribution in [2.45, 2.75) is 71.5 Å². The Hall–Kier alpha value is -1.00. The lowest BCUT2D eigenvalue weighted by molar-refractivity contribution is -0.143.